The predicted octanol–water partition coefficient (Wildman–Crippen LogP) is 5.28. The minimum atomic E-state index is -0.340. The Labute approximate surface area is 169 Å². The normalized spacial score (nSPS) is 11.6. The smallest absolute Gasteiger partial charge is 0.286 e. The van der Waals surface area contributed by atoms with Gasteiger partial charge in [0.05, 0.1) is 12.1 Å². The Morgan fingerprint density at radius 3 is 2.71 bits per heavy atom. The first-order valence-corrected chi connectivity index (χ1v) is 9.47. The number of carbonyl (C=O) groups excluding carboxylic acids is 1. The van der Waals surface area contributed by atoms with Crippen molar-refractivity contribution in [3.8, 4) is 5.75 Å². The maximum absolute atomic E-state index is 12.3. The van der Waals surface area contributed by atoms with Crippen LogP contribution in [0.4, 0.5) is 5.69 Å². The number of fused-ring (bicyclic) bond motifs is 1. The van der Waals surface area contributed by atoms with Crippen molar-refractivity contribution >= 4 is 56.6 Å². The van der Waals surface area contributed by atoms with Gasteiger partial charge in [0.15, 0.2) is 16.3 Å². The summed E-state index contributed by atoms with van der Waals surface area (Å²) in [7, 11) is 1.59. The van der Waals surface area contributed by atoms with E-state index in [1.165, 1.54) is 0 Å². The number of hydrogen-bond acceptors (Lipinski definition) is 6. The maximum Gasteiger partial charge on any atom is 0.286 e. The first-order chi connectivity index (χ1) is 13.6. The number of furan rings is 1. The van der Waals surface area contributed by atoms with Gasteiger partial charge in [-0.25, -0.2) is 0 Å². The zero-order chi connectivity index (χ0) is 19.5. The molecule has 28 heavy (non-hydrogen) atoms. The van der Waals surface area contributed by atoms with E-state index in [1.807, 2.05) is 42.5 Å². The number of benzene rings is 2. The lowest BCUT2D eigenvalue weighted by Crippen LogP contribution is -2.11. The molecule has 4 rings (SSSR count). The summed E-state index contributed by atoms with van der Waals surface area (Å²) < 4.78 is 11.1. The summed E-state index contributed by atoms with van der Waals surface area (Å²) in [6.45, 7) is 0. The molecule has 2 heterocycles. The molecular weight excluding hydrogens is 398 g/mol. The zero-order valence-electron chi connectivity index (χ0n) is 14.7. The highest BCUT2D eigenvalue weighted by molar-refractivity contribution is 7.15. The van der Waals surface area contributed by atoms with Crippen molar-refractivity contribution in [1.29, 1.82) is 0 Å². The fraction of sp³-hybridized carbons (Fsp3) is 0.0500. The SMILES string of the molecule is COc1cccc2cc(C=C(Cl)c3nnc(C(=O)Nc4ccccc4)s3)oc12. The van der Waals surface area contributed by atoms with Crippen molar-refractivity contribution < 1.29 is 13.9 Å². The average molecular weight is 412 g/mol. The van der Waals surface area contributed by atoms with Crippen LogP contribution in [0, 0.1) is 0 Å². The van der Waals surface area contributed by atoms with Crippen LogP contribution in [0.3, 0.4) is 0 Å². The van der Waals surface area contributed by atoms with E-state index in [4.69, 9.17) is 20.8 Å². The van der Waals surface area contributed by atoms with Gasteiger partial charge in [0, 0.05) is 17.1 Å². The molecule has 4 aromatic rings. The van der Waals surface area contributed by atoms with E-state index in [9.17, 15) is 4.79 Å². The van der Waals surface area contributed by atoms with Crippen LogP contribution in [-0.2, 0) is 0 Å². The van der Waals surface area contributed by atoms with Crippen molar-refractivity contribution in [2.75, 3.05) is 12.4 Å². The van der Waals surface area contributed by atoms with Crippen LogP contribution < -0.4 is 10.1 Å². The molecule has 6 nitrogen and oxygen atoms in total. The van der Waals surface area contributed by atoms with Crippen molar-refractivity contribution in [2.45, 2.75) is 0 Å². The van der Waals surface area contributed by atoms with Gasteiger partial charge < -0.3 is 14.5 Å². The number of amides is 1. The fourth-order valence-electron chi connectivity index (χ4n) is 2.59. The van der Waals surface area contributed by atoms with Crippen molar-refractivity contribution in [3.05, 3.63) is 70.4 Å². The zero-order valence-corrected chi connectivity index (χ0v) is 16.3. The average Bonchev–Trinajstić information content (AvgIpc) is 3.35. The number of aromatic nitrogens is 2. The number of ether oxygens (including phenoxy) is 1. The molecule has 0 spiro atoms. The summed E-state index contributed by atoms with van der Waals surface area (Å²) in [5.41, 5.74) is 1.32. The largest absolute Gasteiger partial charge is 0.493 e. The second kappa shape index (κ2) is 7.84. The quantitative estimate of drug-likeness (QED) is 0.483. The Morgan fingerprint density at radius 2 is 1.93 bits per heavy atom. The molecule has 1 N–H and O–H groups in total. The molecule has 0 bridgehead atoms. The first-order valence-electron chi connectivity index (χ1n) is 8.28. The Hall–Kier alpha value is -3.16. The third kappa shape index (κ3) is 3.76. The lowest BCUT2D eigenvalue weighted by atomic mass is 10.2. The topological polar surface area (TPSA) is 77.2 Å². The Bertz CT molecular complexity index is 1170. The summed E-state index contributed by atoms with van der Waals surface area (Å²) in [6, 6.07) is 16.6. The number of nitrogens with one attached hydrogen (secondary N) is 1. The molecule has 2 aromatic heterocycles. The summed E-state index contributed by atoms with van der Waals surface area (Å²) >= 11 is 7.47. The van der Waals surface area contributed by atoms with Gasteiger partial charge in [0.25, 0.3) is 5.91 Å². The lowest BCUT2D eigenvalue weighted by Gasteiger charge is -2.00. The van der Waals surface area contributed by atoms with E-state index in [1.54, 1.807) is 25.3 Å². The van der Waals surface area contributed by atoms with Gasteiger partial charge in [-0.3, -0.25) is 4.79 Å². The molecule has 0 aliphatic rings. The van der Waals surface area contributed by atoms with Crippen LogP contribution in [0.2, 0.25) is 0 Å². The number of nitrogens with zero attached hydrogens (tertiary/aromatic N) is 2. The van der Waals surface area contributed by atoms with Gasteiger partial charge in [-0.2, -0.15) is 0 Å². The first kappa shape index (κ1) is 18.2. The van der Waals surface area contributed by atoms with Gasteiger partial charge in [-0.05, 0) is 24.3 Å². The van der Waals surface area contributed by atoms with Crippen LogP contribution in [0.15, 0.2) is 59.0 Å². The number of rotatable bonds is 5. The van der Waals surface area contributed by atoms with Crippen molar-refractivity contribution in [2.24, 2.45) is 0 Å². The van der Waals surface area contributed by atoms with Crippen LogP contribution in [0.5, 0.6) is 5.75 Å². The summed E-state index contributed by atoms with van der Waals surface area (Å²) in [4.78, 5) is 12.3. The predicted molar refractivity (Wildman–Crippen MR) is 111 cm³/mol. The molecule has 0 fully saturated rings. The lowest BCUT2D eigenvalue weighted by molar-refractivity contribution is 0.102. The minimum Gasteiger partial charge on any atom is -0.493 e. The standard InChI is InChI=1S/C20H14ClN3O3S/c1-26-16-9-5-6-12-10-14(27-17(12)16)11-15(21)19-23-24-20(28-19)18(25)22-13-7-3-2-4-8-13/h2-11H,1H3,(H,22,25). The number of carbonyl (C=O) groups is 1. The van der Waals surface area contributed by atoms with E-state index in [2.05, 4.69) is 15.5 Å². The van der Waals surface area contributed by atoms with Gasteiger partial charge in [-0.15, -0.1) is 10.2 Å². The van der Waals surface area contributed by atoms with E-state index in [0.717, 1.165) is 16.7 Å². The van der Waals surface area contributed by atoms with E-state index < -0.39 is 0 Å². The molecular formula is C20H14ClN3O3S. The molecule has 0 unspecified atom stereocenters. The highest BCUT2D eigenvalue weighted by Gasteiger charge is 2.15. The third-order valence-electron chi connectivity index (χ3n) is 3.87. The van der Waals surface area contributed by atoms with Gasteiger partial charge in [0.1, 0.15) is 5.76 Å². The molecule has 140 valence electrons. The van der Waals surface area contributed by atoms with Crippen LogP contribution in [-0.4, -0.2) is 23.2 Å². The van der Waals surface area contributed by atoms with Crippen molar-refractivity contribution in [3.63, 3.8) is 0 Å². The number of anilines is 1. The maximum atomic E-state index is 12.3. The van der Waals surface area contributed by atoms with Gasteiger partial charge >= 0.3 is 0 Å². The van der Waals surface area contributed by atoms with E-state index in [0.29, 0.717) is 32.8 Å². The molecule has 8 heteroatoms. The highest BCUT2D eigenvalue weighted by Crippen LogP contribution is 2.32. The summed E-state index contributed by atoms with van der Waals surface area (Å²) in [5, 5.41) is 12.6. The fourth-order valence-corrected chi connectivity index (χ4v) is 3.50. The molecule has 0 aliphatic carbocycles. The molecule has 0 radical (unpaired) electrons. The monoisotopic (exact) mass is 411 g/mol. The summed E-state index contributed by atoms with van der Waals surface area (Å²) in [5.74, 6) is 0.854. The number of hydrogen-bond donors (Lipinski definition) is 1. The number of halogens is 1. The van der Waals surface area contributed by atoms with Crippen LogP contribution in [0.25, 0.3) is 22.1 Å². The second-order valence-corrected chi connectivity index (χ2v) is 7.14. The summed E-state index contributed by atoms with van der Waals surface area (Å²) in [6.07, 6.45) is 1.64. The van der Waals surface area contributed by atoms with Gasteiger partial charge in [-0.1, -0.05) is 53.3 Å². The van der Waals surface area contributed by atoms with E-state index in [-0.39, 0.29) is 10.9 Å². The van der Waals surface area contributed by atoms with Crippen LogP contribution in [0.1, 0.15) is 20.6 Å². The number of para-hydroxylation sites is 2. The number of methoxy groups -OCH3 is 1. The molecule has 0 saturated carbocycles. The third-order valence-corrected chi connectivity index (χ3v) is 5.23. The van der Waals surface area contributed by atoms with Crippen molar-refractivity contribution in [1.82, 2.24) is 10.2 Å². The molecule has 0 atom stereocenters. The van der Waals surface area contributed by atoms with Crippen LogP contribution >= 0.6 is 22.9 Å². The Morgan fingerprint density at radius 1 is 1.14 bits per heavy atom. The minimum absolute atomic E-state index is 0.219. The highest BCUT2D eigenvalue weighted by atomic mass is 35.5. The molecule has 2 aromatic carbocycles. The molecule has 0 aliphatic heterocycles. The van der Waals surface area contributed by atoms with Gasteiger partial charge in [0.2, 0.25) is 5.01 Å². The molecule has 0 saturated heterocycles. The molecule has 1 amide bonds. The Kier molecular flexibility index (Phi) is 5.10. The Balaban J connectivity index is 1.55. The van der Waals surface area contributed by atoms with E-state index >= 15 is 0 Å². The second-order valence-electron chi connectivity index (χ2n) is 5.75.